The highest BCUT2D eigenvalue weighted by Crippen LogP contribution is 2.27. The van der Waals surface area contributed by atoms with E-state index >= 15 is 0 Å². The Hall–Kier alpha value is -1.61. The third-order valence-electron chi connectivity index (χ3n) is 3.29. The van der Waals surface area contributed by atoms with Crippen molar-refractivity contribution in [2.45, 2.75) is 19.4 Å². The summed E-state index contributed by atoms with van der Waals surface area (Å²) in [5, 5.41) is 10.3. The molecule has 0 saturated carbocycles. The van der Waals surface area contributed by atoms with E-state index in [4.69, 9.17) is 0 Å². The van der Waals surface area contributed by atoms with Gasteiger partial charge in [-0.25, -0.2) is 0 Å². The predicted molar refractivity (Wildman–Crippen MR) is 64.1 cm³/mol. The summed E-state index contributed by atoms with van der Waals surface area (Å²) >= 11 is 0. The van der Waals surface area contributed by atoms with Crippen molar-refractivity contribution in [1.29, 1.82) is 0 Å². The highest BCUT2D eigenvalue weighted by molar-refractivity contribution is 5.63. The molecule has 2 heterocycles. The molecule has 0 aliphatic carbocycles. The average molecular weight is 213 g/mol. The molecule has 16 heavy (non-hydrogen) atoms. The highest BCUT2D eigenvalue weighted by atomic mass is 15.1. The first kappa shape index (κ1) is 9.60. The lowest BCUT2D eigenvalue weighted by molar-refractivity contribution is 0.541. The fourth-order valence-electron chi connectivity index (χ4n) is 2.35. The van der Waals surface area contributed by atoms with Gasteiger partial charge in [-0.05, 0) is 42.6 Å². The number of H-pyrrole nitrogens is 1. The summed E-state index contributed by atoms with van der Waals surface area (Å²) in [7, 11) is 0. The van der Waals surface area contributed by atoms with Gasteiger partial charge in [0.25, 0.3) is 0 Å². The van der Waals surface area contributed by atoms with E-state index in [1.807, 2.05) is 12.4 Å². The van der Waals surface area contributed by atoms with Crippen molar-refractivity contribution in [3.63, 3.8) is 0 Å². The molecule has 3 nitrogen and oxygen atoms in total. The Balaban J connectivity index is 2.07. The second kappa shape index (κ2) is 3.76. The first-order valence-corrected chi connectivity index (χ1v) is 5.70. The van der Waals surface area contributed by atoms with E-state index < -0.39 is 0 Å². The Kier molecular flexibility index (Phi) is 2.26. The van der Waals surface area contributed by atoms with Gasteiger partial charge in [0, 0.05) is 17.8 Å². The van der Waals surface area contributed by atoms with E-state index in [1.165, 1.54) is 16.7 Å². The molecule has 0 fully saturated rings. The maximum Gasteiger partial charge on any atom is 0.0565 e. The lowest BCUT2D eigenvalue weighted by Gasteiger charge is -2.24. The first-order valence-electron chi connectivity index (χ1n) is 5.70. The first-order chi connectivity index (χ1) is 7.84. The summed E-state index contributed by atoms with van der Waals surface area (Å²) in [5.41, 5.74) is 5.28. The SMILES string of the molecule is CC1NCCc2ccc(-c3cn[nH]c3)cc21. The molecule has 1 aliphatic heterocycles. The average Bonchev–Trinajstić information content (AvgIpc) is 2.83. The summed E-state index contributed by atoms with van der Waals surface area (Å²) in [4.78, 5) is 0. The van der Waals surface area contributed by atoms with Crippen molar-refractivity contribution < 1.29 is 0 Å². The number of fused-ring (bicyclic) bond motifs is 1. The number of rotatable bonds is 1. The van der Waals surface area contributed by atoms with Crippen molar-refractivity contribution in [3.8, 4) is 11.1 Å². The quantitative estimate of drug-likeness (QED) is 0.763. The topological polar surface area (TPSA) is 40.7 Å². The second-order valence-corrected chi connectivity index (χ2v) is 4.33. The van der Waals surface area contributed by atoms with Crippen LogP contribution in [0.1, 0.15) is 24.1 Å². The molecular formula is C13H15N3. The van der Waals surface area contributed by atoms with Crippen LogP contribution in [0.2, 0.25) is 0 Å². The van der Waals surface area contributed by atoms with Crippen molar-refractivity contribution in [2.75, 3.05) is 6.54 Å². The van der Waals surface area contributed by atoms with E-state index in [1.54, 1.807) is 0 Å². The molecule has 1 unspecified atom stereocenters. The number of nitrogens with one attached hydrogen (secondary N) is 2. The summed E-state index contributed by atoms with van der Waals surface area (Å²) in [6.45, 7) is 3.30. The third kappa shape index (κ3) is 1.53. The van der Waals surface area contributed by atoms with Gasteiger partial charge < -0.3 is 5.32 Å². The summed E-state index contributed by atoms with van der Waals surface area (Å²) in [6.07, 6.45) is 4.93. The van der Waals surface area contributed by atoms with E-state index in [0.29, 0.717) is 6.04 Å². The molecule has 0 bridgehead atoms. The molecule has 2 aromatic rings. The van der Waals surface area contributed by atoms with Crippen molar-refractivity contribution in [2.24, 2.45) is 0 Å². The van der Waals surface area contributed by atoms with Crippen LogP contribution >= 0.6 is 0 Å². The van der Waals surface area contributed by atoms with Gasteiger partial charge in [0.2, 0.25) is 0 Å². The number of benzene rings is 1. The minimum Gasteiger partial charge on any atom is -0.310 e. The zero-order valence-corrected chi connectivity index (χ0v) is 9.33. The molecule has 1 aromatic heterocycles. The van der Waals surface area contributed by atoms with Crippen LogP contribution in [0.3, 0.4) is 0 Å². The van der Waals surface area contributed by atoms with Gasteiger partial charge in [0.1, 0.15) is 0 Å². The molecule has 0 spiro atoms. The molecule has 3 rings (SSSR count). The minimum atomic E-state index is 0.454. The summed E-state index contributed by atoms with van der Waals surface area (Å²) in [6, 6.07) is 7.16. The van der Waals surface area contributed by atoms with Crippen LogP contribution in [0.4, 0.5) is 0 Å². The Morgan fingerprint density at radius 3 is 3.06 bits per heavy atom. The van der Waals surface area contributed by atoms with Gasteiger partial charge in [-0.1, -0.05) is 12.1 Å². The maximum atomic E-state index is 3.99. The number of aromatic amines is 1. The largest absolute Gasteiger partial charge is 0.310 e. The van der Waals surface area contributed by atoms with Crippen LogP contribution in [0.5, 0.6) is 0 Å². The van der Waals surface area contributed by atoms with Gasteiger partial charge in [0.05, 0.1) is 6.20 Å². The third-order valence-corrected chi connectivity index (χ3v) is 3.29. The summed E-state index contributed by atoms with van der Waals surface area (Å²) < 4.78 is 0. The van der Waals surface area contributed by atoms with Gasteiger partial charge in [-0.2, -0.15) is 5.10 Å². The Morgan fingerprint density at radius 1 is 1.31 bits per heavy atom. The molecule has 82 valence electrons. The minimum absolute atomic E-state index is 0.454. The molecule has 1 aliphatic rings. The fraction of sp³-hybridized carbons (Fsp3) is 0.308. The molecule has 0 radical (unpaired) electrons. The maximum absolute atomic E-state index is 3.99. The zero-order valence-electron chi connectivity index (χ0n) is 9.33. The molecule has 1 atom stereocenters. The summed E-state index contributed by atoms with van der Waals surface area (Å²) in [5.74, 6) is 0. The van der Waals surface area contributed by atoms with Crippen LogP contribution in [0.15, 0.2) is 30.6 Å². The van der Waals surface area contributed by atoms with Gasteiger partial charge in [-0.3, -0.25) is 5.10 Å². The van der Waals surface area contributed by atoms with Crippen LogP contribution in [-0.2, 0) is 6.42 Å². The van der Waals surface area contributed by atoms with Crippen LogP contribution in [0, 0.1) is 0 Å². The Morgan fingerprint density at radius 2 is 2.25 bits per heavy atom. The lowest BCUT2D eigenvalue weighted by atomic mass is 9.92. The molecule has 3 heteroatoms. The van der Waals surface area contributed by atoms with Gasteiger partial charge >= 0.3 is 0 Å². The number of hydrogen-bond donors (Lipinski definition) is 2. The fourth-order valence-corrected chi connectivity index (χ4v) is 2.35. The number of hydrogen-bond acceptors (Lipinski definition) is 2. The van der Waals surface area contributed by atoms with Gasteiger partial charge in [0.15, 0.2) is 0 Å². The zero-order chi connectivity index (χ0) is 11.0. The van der Waals surface area contributed by atoms with E-state index in [0.717, 1.165) is 18.5 Å². The van der Waals surface area contributed by atoms with Gasteiger partial charge in [-0.15, -0.1) is 0 Å². The second-order valence-electron chi connectivity index (χ2n) is 4.33. The normalized spacial score (nSPS) is 19.4. The van der Waals surface area contributed by atoms with Crippen molar-refractivity contribution >= 4 is 0 Å². The van der Waals surface area contributed by atoms with Crippen LogP contribution in [-0.4, -0.2) is 16.7 Å². The van der Waals surface area contributed by atoms with Crippen LogP contribution in [0.25, 0.3) is 11.1 Å². The van der Waals surface area contributed by atoms with E-state index in [-0.39, 0.29) is 0 Å². The van der Waals surface area contributed by atoms with Crippen molar-refractivity contribution in [3.05, 3.63) is 41.7 Å². The molecule has 0 amide bonds. The van der Waals surface area contributed by atoms with E-state index in [2.05, 4.69) is 40.6 Å². The molecular weight excluding hydrogens is 198 g/mol. The molecule has 1 aromatic carbocycles. The lowest BCUT2D eigenvalue weighted by Crippen LogP contribution is -2.27. The van der Waals surface area contributed by atoms with Crippen LogP contribution < -0.4 is 5.32 Å². The van der Waals surface area contributed by atoms with E-state index in [9.17, 15) is 0 Å². The number of nitrogens with zero attached hydrogens (tertiary/aromatic N) is 1. The molecule has 0 saturated heterocycles. The standard InChI is InChI=1S/C13H15N3/c1-9-13-6-11(12-7-15-16-8-12)3-2-10(13)4-5-14-9/h2-3,6-9,14H,4-5H2,1H3,(H,15,16). The Bertz CT molecular complexity index is 488. The van der Waals surface area contributed by atoms with Crippen molar-refractivity contribution in [1.82, 2.24) is 15.5 Å². The smallest absolute Gasteiger partial charge is 0.0565 e. The monoisotopic (exact) mass is 213 g/mol. The highest BCUT2D eigenvalue weighted by Gasteiger charge is 2.16. The molecule has 2 N–H and O–H groups in total. The Labute approximate surface area is 94.9 Å². The number of aromatic nitrogens is 2. The predicted octanol–water partition coefficient (Wildman–Crippen LogP) is 2.28.